The summed E-state index contributed by atoms with van der Waals surface area (Å²) in [7, 11) is 1.73. The monoisotopic (exact) mass is 241 g/mol. The number of hydrogen-bond acceptors (Lipinski definition) is 2. The Morgan fingerprint density at radius 3 is 2.28 bits per heavy atom. The molecular formula is C16H19NO. The summed E-state index contributed by atoms with van der Waals surface area (Å²) >= 11 is 0. The van der Waals surface area contributed by atoms with Crippen LogP contribution in [0.3, 0.4) is 0 Å². The van der Waals surface area contributed by atoms with Gasteiger partial charge in [0, 0.05) is 19.3 Å². The molecule has 0 atom stereocenters. The second kappa shape index (κ2) is 6.22. The van der Waals surface area contributed by atoms with E-state index in [1.54, 1.807) is 7.11 Å². The third-order valence-electron chi connectivity index (χ3n) is 2.95. The van der Waals surface area contributed by atoms with Gasteiger partial charge in [-0.1, -0.05) is 42.0 Å². The van der Waals surface area contributed by atoms with Crippen molar-refractivity contribution in [2.75, 3.05) is 12.4 Å². The topological polar surface area (TPSA) is 21.3 Å². The van der Waals surface area contributed by atoms with Crippen molar-refractivity contribution in [3.05, 3.63) is 65.2 Å². The minimum atomic E-state index is 0.658. The fraction of sp³-hybridized carbons (Fsp3) is 0.250. The highest BCUT2D eigenvalue weighted by Gasteiger charge is 2.01. The largest absolute Gasteiger partial charge is 0.381 e. The van der Waals surface area contributed by atoms with Gasteiger partial charge in [-0.05, 0) is 30.2 Å². The van der Waals surface area contributed by atoms with Crippen molar-refractivity contribution >= 4 is 5.69 Å². The SMILES string of the molecule is COCc1ccccc1CNc1ccc(C)cc1. The Labute approximate surface area is 109 Å². The maximum absolute atomic E-state index is 5.21. The van der Waals surface area contributed by atoms with Gasteiger partial charge in [-0.3, -0.25) is 0 Å². The quantitative estimate of drug-likeness (QED) is 0.860. The molecule has 2 nitrogen and oxygen atoms in total. The van der Waals surface area contributed by atoms with E-state index in [9.17, 15) is 0 Å². The van der Waals surface area contributed by atoms with Gasteiger partial charge in [0.1, 0.15) is 0 Å². The summed E-state index contributed by atoms with van der Waals surface area (Å²) in [5.74, 6) is 0. The number of methoxy groups -OCH3 is 1. The van der Waals surface area contributed by atoms with Crippen LogP contribution in [-0.2, 0) is 17.9 Å². The molecule has 94 valence electrons. The third-order valence-corrected chi connectivity index (χ3v) is 2.95. The number of rotatable bonds is 5. The number of ether oxygens (including phenoxy) is 1. The lowest BCUT2D eigenvalue weighted by Gasteiger charge is -2.11. The van der Waals surface area contributed by atoms with Gasteiger partial charge in [0.25, 0.3) is 0 Å². The molecule has 18 heavy (non-hydrogen) atoms. The smallest absolute Gasteiger partial charge is 0.0716 e. The Hall–Kier alpha value is -1.80. The van der Waals surface area contributed by atoms with Crippen molar-refractivity contribution in [2.45, 2.75) is 20.1 Å². The maximum atomic E-state index is 5.21. The highest BCUT2D eigenvalue weighted by molar-refractivity contribution is 5.45. The average molecular weight is 241 g/mol. The summed E-state index contributed by atoms with van der Waals surface area (Å²) in [6.07, 6.45) is 0. The molecule has 0 aliphatic rings. The molecule has 1 N–H and O–H groups in total. The Morgan fingerprint density at radius 2 is 1.61 bits per heavy atom. The maximum Gasteiger partial charge on any atom is 0.0716 e. The Bertz CT molecular complexity index is 491. The van der Waals surface area contributed by atoms with Crippen molar-refractivity contribution < 1.29 is 4.74 Å². The molecule has 0 unspecified atom stereocenters. The summed E-state index contributed by atoms with van der Waals surface area (Å²) in [4.78, 5) is 0. The number of benzene rings is 2. The Kier molecular flexibility index (Phi) is 4.37. The first-order chi connectivity index (χ1) is 8.79. The molecule has 2 rings (SSSR count). The van der Waals surface area contributed by atoms with E-state index < -0.39 is 0 Å². The molecule has 0 saturated heterocycles. The van der Waals surface area contributed by atoms with Crippen LogP contribution in [-0.4, -0.2) is 7.11 Å². The molecule has 0 radical (unpaired) electrons. The van der Waals surface area contributed by atoms with E-state index in [4.69, 9.17) is 4.74 Å². The highest BCUT2D eigenvalue weighted by atomic mass is 16.5. The molecule has 0 fully saturated rings. The van der Waals surface area contributed by atoms with E-state index in [2.05, 4.69) is 54.7 Å². The van der Waals surface area contributed by atoms with Crippen molar-refractivity contribution in [1.29, 1.82) is 0 Å². The molecule has 2 aromatic rings. The van der Waals surface area contributed by atoms with Crippen molar-refractivity contribution in [1.82, 2.24) is 0 Å². The van der Waals surface area contributed by atoms with E-state index in [-0.39, 0.29) is 0 Å². The molecule has 2 aromatic carbocycles. The summed E-state index contributed by atoms with van der Waals surface area (Å²) in [5.41, 5.74) is 4.94. The Balaban J connectivity index is 2.03. The van der Waals surface area contributed by atoms with Crippen LogP contribution in [0.4, 0.5) is 5.69 Å². The fourth-order valence-corrected chi connectivity index (χ4v) is 1.89. The van der Waals surface area contributed by atoms with Crippen LogP contribution in [0.15, 0.2) is 48.5 Å². The second-order valence-corrected chi connectivity index (χ2v) is 4.42. The van der Waals surface area contributed by atoms with Gasteiger partial charge in [-0.2, -0.15) is 0 Å². The molecule has 0 amide bonds. The van der Waals surface area contributed by atoms with E-state index >= 15 is 0 Å². The summed E-state index contributed by atoms with van der Waals surface area (Å²) in [5, 5.41) is 3.43. The standard InChI is InChI=1S/C16H19NO/c1-13-7-9-16(10-8-13)17-11-14-5-3-4-6-15(14)12-18-2/h3-10,17H,11-12H2,1-2H3. The second-order valence-electron chi connectivity index (χ2n) is 4.42. The van der Waals surface area contributed by atoms with E-state index in [1.807, 2.05) is 6.07 Å². The fourth-order valence-electron chi connectivity index (χ4n) is 1.89. The number of anilines is 1. The normalized spacial score (nSPS) is 10.3. The minimum absolute atomic E-state index is 0.658. The van der Waals surface area contributed by atoms with Gasteiger partial charge in [0.2, 0.25) is 0 Å². The minimum Gasteiger partial charge on any atom is -0.381 e. The molecule has 2 heteroatoms. The number of hydrogen-bond donors (Lipinski definition) is 1. The summed E-state index contributed by atoms with van der Waals surface area (Å²) < 4.78 is 5.21. The lowest BCUT2D eigenvalue weighted by Crippen LogP contribution is -2.03. The zero-order valence-electron chi connectivity index (χ0n) is 10.9. The zero-order valence-corrected chi connectivity index (χ0v) is 10.9. The first-order valence-corrected chi connectivity index (χ1v) is 6.16. The molecular weight excluding hydrogens is 222 g/mol. The van der Waals surface area contributed by atoms with Gasteiger partial charge in [0.15, 0.2) is 0 Å². The van der Waals surface area contributed by atoms with Crippen LogP contribution < -0.4 is 5.32 Å². The lowest BCUT2D eigenvalue weighted by molar-refractivity contribution is 0.184. The molecule has 0 spiro atoms. The molecule has 0 aromatic heterocycles. The van der Waals surface area contributed by atoms with Crippen LogP contribution >= 0.6 is 0 Å². The predicted molar refractivity (Wildman–Crippen MR) is 75.7 cm³/mol. The van der Waals surface area contributed by atoms with Crippen LogP contribution in [0.1, 0.15) is 16.7 Å². The van der Waals surface area contributed by atoms with Crippen molar-refractivity contribution in [3.63, 3.8) is 0 Å². The predicted octanol–water partition coefficient (Wildman–Crippen LogP) is 3.75. The third kappa shape index (κ3) is 3.34. The van der Waals surface area contributed by atoms with Gasteiger partial charge in [-0.15, -0.1) is 0 Å². The van der Waals surface area contributed by atoms with Gasteiger partial charge < -0.3 is 10.1 Å². The first kappa shape index (κ1) is 12.7. The Morgan fingerprint density at radius 1 is 0.944 bits per heavy atom. The van der Waals surface area contributed by atoms with Crippen LogP contribution in [0.25, 0.3) is 0 Å². The lowest BCUT2D eigenvalue weighted by atomic mass is 10.1. The summed E-state index contributed by atoms with van der Waals surface area (Å²) in [6.45, 7) is 3.58. The molecule has 0 saturated carbocycles. The van der Waals surface area contributed by atoms with Crippen molar-refractivity contribution in [2.24, 2.45) is 0 Å². The van der Waals surface area contributed by atoms with E-state index in [1.165, 1.54) is 16.7 Å². The molecule has 0 aliphatic heterocycles. The first-order valence-electron chi connectivity index (χ1n) is 6.16. The van der Waals surface area contributed by atoms with E-state index in [0.717, 1.165) is 12.2 Å². The molecule has 0 aliphatic carbocycles. The van der Waals surface area contributed by atoms with Gasteiger partial charge >= 0.3 is 0 Å². The van der Waals surface area contributed by atoms with Gasteiger partial charge in [-0.25, -0.2) is 0 Å². The van der Waals surface area contributed by atoms with E-state index in [0.29, 0.717) is 6.61 Å². The van der Waals surface area contributed by atoms with Crippen LogP contribution in [0.2, 0.25) is 0 Å². The number of nitrogens with one attached hydrogen (secondary N) is 1. The highest BCUT2D eigenvalue weighted by Crippen LogP contribution is 2.14. The van der Waals surface area contributed by atoms with Crippen LogP contribution in [0.5, 0.6) is 0 Å². The molecule has 0 heterocycles. The molecule has 0 bridgehead atoms. The number of aryl methyl sites for hydroxylation is 1. The van der Waals surface area contributed by atoms with Crippen LogP contribution in [0, 0.1) is 6.92 Å². The van der Waals surface area contributed by atoms with Gasteiger partial charge in [0.05, 0.1) is 6.61 Å². The summed E-state index contributed by atoms with van der Waals surface area (Å²) in [6, 6.07) is 16.8. The zero-order chi connectivity index (χ0) is 12.8. The van der Waals surface area contributed by atoms with Crippen molar-refractivity contribution in [3.8, 4) is 0 Å². The average Bonchev–Trinajstić information content (AvgIpc) is 2.40.